The molecule has 0 saturated carbocycles. The summed E-state index contributed by atoms with van der Waals surface area (Å²) < 4.78 is 32.0. The third kappa shape index (κ3) is 2.80. The highest BCUT2D eigenvalue weighted by molar-refractivity contribution is 5.22. The monoisotopic (exact) mass is 242 g/mol. The molecule has 1 aromatic rings. The molecule has 0 aromatic heterocycles. The van der Waals surface area contributed by atoms with Crippen LogP contribution in [0.1, 0.15) is 24.4 Å². The maximum atomic E-state index is 13.6. The quantitative estimate of drug-likeness (QED) is 0.626. The molecule has 2 rings (SSSR count). The van der Waals surface area contributed by atoms with Gasteiger partial charge in [0.1, 0.15) is 0 Å². The summed E-state index contributed by atoms with van der Waals surface area (Å²) in [6.07, 6.45) is 1.59. The minimum Gasteiger partial charge on any atom is -0.381 e. The van der Waals surface area contributed by atoms with E-state index in [4.69, 9.17) is 10.6 Å². The van der Waals surface area contributed by atoms with E-state index in [9.17, 15) is 8.78 Å². The predicted molar refractivity (Wildman–Crippen MR) is 60.0 cm³/mol. The van der Waals surface area contributed by atoms with Crippen LogP contribution in [0.25, 0.3) is 0 Å². The number of benzene rings is 1. The van der Waals surface area contributed by atoms with Crippen LogP contribution < -0.4 is 11.3 Å². The van der Waals surface area contributed by atoms with E-state index in [1.165, 1.54) is 6.07 Å². The number of hydrogen-bond donors (Lipinski definition) is 2. The maximum Gasteiger partial charge on any atom is 0.163 e. The van der Waals surface area contributed by atoms with Gasteiger partial charge >= 0.3 is 0 Å². The number of rotatable bonds is 4. The smallest absolute Gasteiger partial charge is 0.163 e. The SMILES string of the molecule is NNC(CC1CCOC1)c1cccc(F)c1F. The Hall–Kier alpha value is -1.04. The van der Waals surface area contributed by atoms with Crippen LogP contribution in [0.5, 0.6) is 0 Å². The summed E-state index contributed by atoms with van der Waals surface area (Å²) in [6, 6.07) is 3.77. The summed E-state index contributed by atoms with van der Waals surface area (Å²) in [5, 5.41) is 0. The topological polar surface area (TPSA) is 47.3 Å². The fourth-order valence-electron chi connectivity index (χ4n) is 2.18. The molecule has 1 heterocycles. The van der Waals surface area contributed by atoms with Gasteiger partial charge < -0.3 is 4.74 Å². The molecule has 1 aliphatic heterocycles. The van der Waals surface area contributed by atoms with Gasteiger partial charge in [-0.3, -0.25) is 11.3 Å². The van der Waals surface area contributed by atoms with Gasteiger partial charge in [0.25, 0.3) is 0 Å². The molecule has 0 aliphatic carbocycles. The molecule has 2 atom stereocenters. The molecule has 1 saturated heterocycles. The lowest BCUT2D eigenvalue weighted by Gasteiger charge is -2.20. The first-order valence-corrected chi connectivity index (χ1v) is 5.70. The highest BCUT2D eigenvalue weighted by atomic mass is 19.2. The summed E-state index contributed by atoms with van der Waals surface area (Å²) in [6.45, 7) is 1.39. The standard InChI is InChI=1S/C12H16F2N2O/c13-10-3-1-2-9(12(10)14)11(16-15)6-8-4-5-17-7-8/h1-3,8,11,16H,4-7,15H2. The molecule has 0 spiro atoms. The van der Waals surface area contributed by atoms with Gasteiger partial charge in [0, 0.05) is 24.8 Å². The van der Waals surface area contributed by atoms with Crippen molar-refractivity contribution in [2.45, 2.75) is 18.9 Å². The molecule has 0 bridgehead atoms. The molecular formula is C12H16F2N2O. The first-order chi connectivity index (χ1) is 8.22. The van der Waals surface area contributed by atoms with E-state index < -0.39 is 11.6 Å². The molecule has 1 aliphatic rings. The second-order valence-electron chi connectivity index (χ2n) is 4.33. The van der Waals surface area contributed by atoms with Gasteiger partial charge in [0.2, 0.25) is 0 Å². The van der Waals surface area contributed by atoms with Crippen LogP contribution in [0.4, 0.5) is 8.78 Å². The van der Waals surface area contributed by atoms with Crippen LogP contribution >= 0.6 is 0 Å². The predicted octanol–water partition coefficient (Wildman–Crippen LogP) is 1.90. The summed E-state index contributed by atoms with van der Waals surface area (Å²) in [5.41, 5.74) is 2.83. The van der Waals surface area contributed by atoms with Crippen LogP contribution in [-0.2, 0) is 4.74 Å². The van der Waals surface area contributed by atoms with Crippen molar-refractivity contribution >= 4 is 0 Å². The van der Waals surface area contributed by atoms with E-state index in [2.05, 4.69) is 5.43 Å². The molecule has 0 radical (unpaired) electrons. The van der Waals surface area contributed by atoms with Crippen molar-refractivity contribution < 1.29 is 13.5 Å². The molecule has 0 amide bonds. The Morgan fingerprint density at radius 3 is 2.94 bits per heavy atom. The molecule has 94 valence electrons. The number of hydrogen-bond acceptors (Lipinski definition) is 3. The minimum atomic E-state index is -0.842. The molecule has 3 nitrogen and oxygen atoms in total. The lowest BCUT2D eigenvalue weighted by Crippen LogP contribution is -2.30. The highest BCUT2D eigenvalue weighted by Gasteiger charge is 2.23. The van der Waals surface area contributed by atoms with E-state index in [1.807, 2.05) is 0 Å². The van der Waals surface area contributed by atoms with Crippen molar-refractivity contribution in [3.8, 4) is 0 Å². The zero-order chi connectivity index (χ0) is 12.3. The van der Waals surface area contributed by atoms with Gasteiger partial charge in [0.15, 0.2) is 11.6 Å². The first-order valence-electron chi connectivity index (χ1n) is 5.70. The van der Waals surface area contributed by atoms with Gasteiger partial charge in [-0.15, -0.1) is 0 Å². The lowest BCUT2D eigenvalue weighted by atomic mass is 9.94. The Bertz CT molecular complexity index is 381. The summed E-state index contributed by atoms with van der Waals surface area (Å²) in [4.78, 5) is 0. The zero-order valence-electron chi connectivity index (χ0n) is 9.46. The summed E-state index contributed by atoms with van der Waals surface area (Å²) in [5.74, 6) is 4.10. The Morgan fingerprint density at radius 1 is 1.47 bits per heavy atom. The Labute approximate surface area is 98.9 Å². The normalized spacial score (nSPS) is 21.7. The van der Waals surface area contributed by atoms with Gasteiger partial charge in [-0.1, -0.05) is 12.1 Å². The summed E-state index contributed by atoms with van der Waals surface area (Å²) in [7, 11) is 0. The lowest BCUT2D eigenvalue weighted by molar-refractivity contribution is 0.181. The molecular weight excluding hydrogens is 226 g/mol. The zero-order valence-corrected chi connectivity index (χ0v) is 9.46. The average molecular weight is 242 g/mol. The molecule has 1 aromatic carbocycles. The number of hydrazine groups is 1. The summed E-state index contributed by atoms with van der Waals surface area (Å²) >= 11 is 0. The van der Waals surface area contributed by atoms with Crippen molar-refractivity contribution in [2.24, 2.45) is 11.8 Å². The van der Waals surface area contributed by atoms with E-state index in [-0.39, 0.29) is 11.6 Å². The minimum absolute atomic E-state index is 0.277. The van der Waals surface area contributed by atoms with E-state index >= 15 is 0 Å². The van der Waals surface area contributed by atoms with Crippen molar-refractivity contribution in [3.05, 3.63) is 35.4 Å². The fourth-order valence-corrected chi connectivity index (χ4v) is 2.18. The number of nitrogens with two attached hydrogens (primary N) is 1. The average Bonchev–Trinajstić information content (AvgIpc) is 2.83. The van der Waals surface area contributed by atoms with Gasteiger partial charge in [-0.25, -0.2) is 8.78 Å². The van der Waals surface area contributed by atoms with Crippen molar-refractivity contribution in [3.63, 3.8) is 0 Å². The van der Waals surface area contributed by atoms with Crippen LogP contribution in [0, 0.1) is 17.6 Å². The second kappa shape index (κ2) is 5.53. The molecule has 17 heavy (non-hydrogen) atoms. The van der Waals surface area contributed by atoms with Crippen molar-refractivity contribution in [1.82, 2.24) is 5.43 Å². The maximum absolute atomic E-state index is 13.6. The van der Waals surface area contributed by atoms with E-state index in [1.54, 1.807) is 6.07 Å². The van der Waals surface area contributed by atoms with Gasteiger partial charge in [0.05, 0.1) is 0 Å². The number of halogens is 2. The number of ether oxygens (including phenoxy) is 1. The Morgan fingerprint density at radius 2 is 2.29 bits per heavy atom. The van der Waals surface area contributed by atoms with Crippen LogP contribution in [0.2, 0.25) is 0 Å². The first kappa shape index (κ1) is 12.4. The Balaban J connectivity index is 2.13. The molecule has 2 unspecified atom stereocenters. The van der Waals surface area contributed by atoms with E-state index in [0.29, 0.717) is 18.9 Å². The van der Waals surface area contributed by atoms with Gasteiger partial charge in [-0.2, -0.15) is 0 Å². The van der Waals surface area contributed by atoms with Crippen molar-refractivity contribution in [2.75, 3.05) is 13.2 Å². The largest absolute Gasteiger partial charge is 0.381 e. The molecule has 3 N–H and O–H groups in total. The fraction of sp³-hybridized carbons (Fsp3) is 0.500. The van der Waals surface area contributed by atoms with Crippen LogP contribution in [0.15, 0.2) is 18.2 Å². The molecule has 5 heteroatoms. The third-order valence-electron chi connectivity index (χ3n) is 3.15. The second-order valence-corrected chi connectivity index (χ2v) is 4.33. The van der Waals surface area contributed by atoms with Gasteiger partial charge in [-0.05, 0) is 24.8 Å². The highest BCUT2D eigenvalue weighted by Crippen LogP contribution is 2.28. The van der Waals surface area contributed by atoms with Crippen molar-refractivity contribution in [1.29, 1.82) is 0 Å². The van der Waals surface area contributed by atoms with E-state index in [0.717, 1.165) is 19.1 Å². The van der Waals surface area contributed by atoms with Crippen LogP contribution in [-0.4, -0.2) is 13.2 Å². The number of nitrogens with one attached hydrogen (secondary N) is 1. The van der Waals surface area contributed by atoms with Crippen LogP contribution in [0.3, 0.4) is 0 Å². The third-order valence-corrected chi connectivity index (χ3v) is 3.15. The molecule has 1 fully saturated rings. The Kier molecular flexibility index (Phi) is 4.04.